The number of carbonyl (C=O) groups excluding carboxylic acids is 1. The third-order valence-electron chi connectivity index (χ3n) is 3.90. The van der Waals surface area contributed by atoms with Gasteiger partial charge in [0, 0.05) is 24.1 Å². The van der Waals surface area contributed by atoms with Gasteiger partial charge in [-0.05, 0) is 24.3 Å². The Morgan fingerprint density at radius 2 is 2.04 bits per heavy atom. The Morgan fingerprint density at radius 3 is 2.87 bits per heavy atom. The molecular formula is C17H13ClN4O. The normalized spacial score (nSPS) is 11.2. The molecule has 4 rings (SSSR count). The van der Waals surface area contributed by atoms with E-state index in [1.165, 1.54) is 0 Å². The fourth-order valence-electron chi connectivity index (χ4n) is 2.73. The Kier molecular flexibility index (Phi) is 3.09. The largest absolute Gasteiger partial charge is 0.340 e. The predicted octanol–water partition coefficient (Wildman–Crippen LogP) is 3.73. The zero-order valence-electron chi connectivity index (χ0n) is 12.3. The molecule has 0 aliphatic rings. The predicted molar refractivity (Wildman–Crippen MR) is 91.1 cm³/mol. The summed E-state index contributed by atoms with van der Waals surface area (Å²) < 4.78 is 3.60. The molecule has 114 valence electrons. The molecule has 0 saturated heterocycles. The number of hydrogen-bond acceptors (Lipinski definition) is 2. The molecule has 0 radical (unpaired) electrons. The van der Waals surface area contributed by atoms with Gasteiger partial charge in [0.25, 0.3) is 5.91 Å². The molecular weight excluding hydrogens is 312 g/mol. The number of hydrogen-bond donors (Lipinski definition) is 1. The number of fused-ring (bicyclic) bond motifs is 2. The molecule has 0 spiro atoms. The molecule has 6 heteroatoms. The van der Waals surface area contributed by atoms with E-state index in [-0.39, 0.29) is 5.91 Å². The van der Waals surface area contributed by atoms with Crippen LogP contribution in [-0.2, 0) is 7.05 Å². The van der Waals surface area contributed by atoms with Gasteiger partial charge in [-0.15, -0.1) is 0 Å². The fourth-order valence-corrected chi connectivity index (χ4v) is 2.91. The number of para-hydroxylation sites is 1. The molecule has 23 heavy (non-hydrogen) atoms. The summed E-state index contributed by atoms with van der Waals surface area (Å²) in [5, 5.41) is 4.44. The number of aromatic nitrogens is 3. The van der Waals surface area contributed by atoms with Gasteiger partial charge in [-0.2, -0.15) is 0 Å². The summed E-state index contributed by atoms with van der Waals surface area (Å²) in [6.45, 7) is 0. The molecule has 5 nitrogen and oxygen atoms in total. The van der Waals surface area contributed by atoms with Gasteiger partial charge in [0.2, 0.25) is 0 Å². The fraction of sp³-hybridized carbons (Fsp3) is 0.0588. The van der Waals surface area contributed by atoms with Crippen molar-refractivity contribution < 1.29 is 4.79 Å². The van der Waals surface area contributed by atoms with Crippen molar-refractivity contribution in [2.24, 2.45) is 7.05 Å². The third-order valence-corrected chi connectivity index (χ3v) is 4.18. The minimum atomic E-state index is -0.167. The molecule has 1 amide bonds. The van der Waals surface area contributed by atoms with E-state index in [0.29, 0.717) is 16.5 Å². The number of benzene rings is 1. The van der Waals surface area contributed by atoms with Crippen LogP contribution in [-0.4, -0.2) is 19.9 Å². The Morgan fingerprint density at radius 1 is 1.22 bits per heavy atom. The van der Waals surface area contributed by atoms with Crippen LogP contribution in [0.4, 0.5) is 5.69 Å². The Hall–Kier alpha value is -2.79. The molecule has 0 unspecified atom stereocenters. The van der Waals surface area contributed by atoms with Crippen molar-refractivity contribution in [2.45, 2.75) is 0 Å². The van der Waals surface area contributed by atoms with Gasteiger partial charge < -0.3 is 9.88 Å². The lowest BCUT2D eigenvalue weighted by atomic mass is 10.2. The van der Waals surface area contributed by atoms with E-state index in [0.717, 1.165) is 16.6 Å². The van der Waals surface area contributed by atoms with Gasteiger partial charge in [-0.3, -0.25) is 9.20 Å². The summed E-state index contributed by atoms with van der Waals surface area (Å²) in [5.74, 6) is -0.167. The Balaban J connectivity index is 1.70. The topological polar surface area (TPSA) is 51.3 Å². The molecule has 0 fully saturated rings. The van der Waals surface area contributed by atoms with Crippen LogP contribution in [0.1, 0.15) is 10.5 Å². The van der Waals surface area contributed by atoms with Crippen molar-refractivity contribution in [2.75, 3.05) is 5.32 Å². The van der Waals surface area contributed by atoms with E-state index in [1.807, 2.05) is 48.0 Å². The lowest BCUT2D eigenvalue weighted by Gasteiger charge is -2.07. The highest BCUT2D eigenvalue weighted by atomic mass is 35.5. The summed E-state index contributed by atoms with van der Waals surface area (Å²) in [6.07, 6.45) is 3.33. The van der Waals surface area contributed by atoms with Crippen molar-refractivity contribution >= 4 is 39.7 Å². The van der Waals surface area contributed by atoms with Crippen molar-refractivity contribution in [3.63, 3.8) is 0 Å². The maximum Gasteiger partial charge on any atom is 0.272 e. The Labute approximate surface area is 137 Å². The third kappa shape index (κ3) is 2.26. The van der Waals surface area contributed by atoms with Crippen LogP contribution in [0.5, 0.6) is 0 Å². The summed E-state index contributed by atoms with van der Waals surface area (Å²) in [7, 11) is 1.88. The molecule has 1 aromatic carbocycles. The van der Waals surface area contributed by atoms with Crippen molar-refractivity contribution in [1.82, 2.24) is 14.0 Å². The van der Waals surface area contributed by atoms with Crippen LogP contribution >= 0.6 is 11.6 Å². The quantitative estimate of drug-likeness (QED) is 0.611. The maximum atomic E-state index is 12.6. The van der Waals surface area contributed by atoms with Gasteiger partial charge in [-0.1, -0.05) is 29.8 Å². The van der Waals surface area contributed by atoms with Crippen LogP contribution < -0.4 is 5.32 Å². The SMILES string of the molecule is Cn1c(C(=O)Nc2ccc3ncc(Cl)n3c2)cc2ccccc21. The van der Waals surface area contributed by atoms with Crippen LogP contribution in [0.25, 0.3) is 16.6 Å². The highest BCUT2D eigenvalue weighted by Crippen LogP contribution is 2.20. The molecule has 4 aromatic rings. The number of imidazole rings is 1. The van der Waals surface area contributed by atoms with Crippen LogP contribution in [0.15, 0.2) is 54.9 Å². The molecule has 0 saturated carbocycles. The molecule has 0 aliphatic carbocycles. The number of nitrogens with zero attached hydrogens (tertiary/aromatic N) is 3. The number of halogens is 1. The molecule has 3 heterocycles. The summed E-state index contributed by atoms with van der Waals surface area (Å²) in [6, 6.07) is 13.4. The van der Waals surface area contributed by atoms with Crippen LogP contribution in [0.2, 0.25) is 5.15 Å². The second-order valence-electron chi connectivity index (χ2n) is 5.33. The van der Waals surface area contributed by atoms with Crippen molar-refractivity contribution in [3.8, 4) is 0 Å². The first kappa shape index (κ1) is 13.8. The van der Waals surface area contributed by atoms with Gasteiger partial charge in [0.05, 0.1) is 11.9 Å². The number of rotatable bonds is 2. The van der Waals surface area contributed by atoms with Gasteiger partial charge in [-0.25, -0.2) is 4.98 Å². The average molecular weight is 325 g/mol. The smallest absolute Gasteiger partial charge is 0.272 e. The molecule has 0 atom stereocenters. The van der Waals surface area contributed by atoms with E-state index in [2.05, 4.69) is 10.3 Å². The average Bonchev–Trinajstić information content (AvgIpc) is 3.09. The number of carbonyl (C=O) groups is 1. The first-order valence-corrected chi connectivity index (χ1v) is 7.50. The van der Waals surface area contributed by atoms with E-state index in [9.17, 15) is 4.79 Å². The zero-order valence-corrected chi connectivity index (χ0v) is 13.1. The lowest BCUT2D eigenvalue weighted by molar-refractivity contribution is 0.101. The minimum Gasteiger partial charge on any atom is -0.340 e. The monoisotopic (exact) mass is 324 g/mol. The standard InChI is InChI=1S/C17H13ClN4O/c1-21-13-5-3-2-4-11(13)8-14(21)17(23)20-12-6-7-16-19-9-15(18)22(16)10-12/h2-10H,1H3,(H,20,23). The summed E-state index contributed by atoms with van der Waals surface area (Å²) in [5.41, 5.74) is 3.01. The number of nitrogens with one attached hydrogen (secondary N) is 1. The zero-order chi connectivity index (χ0) is 16.0. The van der Waals surface area contributed by atoms with Crippen molar-refractivity contribution in [3.05, 3.63) is 65.7 Å². The molecule has 1 N–H and O–H groups in total. The lowest BCUT2D eigenvalue weighted by Crippen LogP contribution is -2.15. The molecule has 0 aliphatic heterocycles. The highest BCUT2D eigenvalue weighted by Gasteiger charge is 2.13. The van der Waals surface area contributed by atoms with Crippen LogP contribution in [0.3, 0.4) is 0 Å². The van der Waals surface area contributed by atoms with E-state index in [1.54, 1.807) is 22.9 Å². The minimum absolute atomic E-state index is 0.167. The van der Waals surface area contributed by atoms with Crippen LogP contribution in [0, 0.1) is 0 Å². The molecule has 0 bridgehead atoms. The number of anilines is 1. The second kappa shape index (κ2) is 5.14. The number of amides is 1. The summed E-state index contributed by atoms with van der Waals surface area (Å²) >= 11 is 6.06. The van der Waals surface area contributed by atoms with Crippen molar-refractivity contribution in [1.29, 1.82) is 0 Å². The second-order valence-corrected chi connectivity index (χ2v) is 5.72. The van der Waals surface area contributed by atoms with E-state index in [4.69, 9.17) is 11.6 Å². The van der Waals surface area contributed by atoms with Gasteiger partial charge in [0.1, 0.15) is 16.5 Å². The van der Waals surface area contributed by atoms with Gasteiger partial charge in [0.15, 0.2) is 0 Å². The number of aryl methyl sites for hydroxylation is 1. The Bertz CT molecular complexity index is 1050. The van der Waals surface area contributed by atoms with E-state index >= 15 is 0 Å². The highest BCUT2D eigenvalue weighted by molar-refractivity contribution is 6.29. The first-order chi connectivity index (χ1) is 11.1. The number of pyridine rings is 1. The summed E-state index contributed by atoms with van der Waals surface area (Å²) in [4.78, 5) is 16.7. The van der Waals surface area contributed by atoms with E-state index < -0.39 is 0 Å². The molecule has 3 aromatic heterocycles. The van der Waals surface area contributed by atoms with Gasteiger partial charge >= 0.3 is 0 Å². The first-order valence-electron chi connectivity index (χ1n) is 7.12. The maximum absolute atomic E-state index is 12.6.